The lowest BCUT2D eigenvalue weighted by atomic mass is 10.0. The first-order valence-electron chi connectivity index (χ1n) is 6.53. The Morgan fingerprint density at radius 2 is 1.44 bits per heavy atom. The maximum atomic E-state index is 5.06. The van der Waals surface area contributed by atoms with E-state index in [1.54, 1.807) is 7.11 Å². The van der Waals surface area contributed by atoms with E-state index in [0.29, 0.717) is 0 Å². The van der Waals surface area contributed by atoms with Crippen molar-refractivity contribution >= 4 is 0 Å². The first kappa shape index (κ1) is 12.8. The van der Waals surface area contributed by atoms with Crippen molar-refractivity contribution in [1.29, 1.82) is 0 Å². The van der Waals surface area contributed by atoms with Crippen LogP contribution in [0, 0.1) is 0 Å². The molecule has 2 aromatic rings. The van der Waals surface area contributed by atoms with Gasteiger partial charge in [-0.25, -0.2) is 0 Å². The molecular formula is C17H20O. The number of aryl methyl sites for hydroxylation is 1. The summed E-state index contributed by atoms with van der Waals surface area (Å²) in [6.45, 7) is 0.863. The molecule has 0 spiro atoms. The molecule has 0 aromatic heterocycles. The van der Waals surface area contributed by atoms with Gasteiger partial charge in [0.05, 0.1) is 0 Å². The van der Waals surface area contributed by atoms with Crippen molar-refractivity contribution in [3.8, 4) is 11.1 Å². The Balaban J connectivity index is 1.94. The van der Waals surface area contributed by atoms with Gasteiger partial charge in [0.25, 0.3) is 0 Å². The van der Waals surface area contributed by atoms with E-state index in [9.17, 15) is 0 Å². The molecule has 94 valence electrons. The summed E-state index contributed by atoms with van der Waals surface area (Å²) in [6.07, 6.45) is 3.47. The van der Waals surface area contributed by atoms with Crippen LogP contribution >= 0.6 is 0 Å². The first-order valence-corrected chi connectivity index (χ1v) is 6.53. The molecule has 1 nitrogen and oxygen atoms in total. The van der Waals surface area contributed by atoms with Crippen LogP contribution in [0.4, 0.5) is 0 Å². The molecule has 0 aliphatic carbocycles. The van der Waals surface area contributed by atoms with E-state index in [2.05, 4.69) is 48.5 Å². The molecule has 2 aromatic carbocycles. The van der Waals surface area contributed by atoms with Gasteiger partial charge in [0.2, 0.25) is 0 Å². The molecule has 0 saturated carbocycles. The topological polar surface area (TPSA) is 9.23 Å². The Morgan fingerprint density at radius 1 is 0.778 bits per heavy atom. The van der Waals surface area contributed by atoms with E-state index >= 15 is 0 Å². The molecule has 0 fully saturated rings. The lowest BCUT2D eigenvalue weighted by Crippen LogP contribution is -1.91. The number of methoxy groups -OCH3 is 1. The number of hydrogen-bond donors (Lipinski definition) is 0. The monoisotopic (exact) mass is 240 g/mol. The molecule has 0 atom stereocenters. The third kappa shape index (κ3) is 3.71. The third-order valence-corrected chi connectivity index (χ3v) is 3.12. The molecule has 0 radical (unpaired) electrons. The standard InChI is InChI=1S/C17H20O/c1-18-14-6-5-7-15-10-12-17(13-11-15)16-8-3-2-4-9-16/h2-4,8-13H,5-7,14H2,1H3. The molecule has 0 aliphatic rings. The molecule has 0 bridgehead atoms. The molecule has 2 rings (SSSR count). The van der Waals surface area contributed by atoms with Crippen LogP contribution < -0.4 is 0 Å². The van der Waals surface area contributed by atoms with Gasteiger partial charge < -0.3 is 4.74 Å². The molecule has 0 heterocycles. The molecule has 0 aliphatic heterocycles. The van der Waals surface area contributed by atoms with Crippen molar-refractivity contribution in [3.05, 3.63) is 60.2 Å². The fourth-order valence-electron chi connectivity index (χ4n) is 2.07. The second-order valence-corrected chi connectivity index (χ2v) is 4.51. The van der Waals surface area contributed by atoms with E-state index in [0.717, 1.165) is 19.4 Å². The summed E-state index contributed by atoms with van der Waals surface area (Å²) >= 11 is 0. The first-order chi connectivity index (χ1) is 8.90. The Labute approximate surface area is 109 Å². The average molecular weight is 240 g/mol. The van der Waals surface area contributed by atoms with Crippen molar-refractivity contribution in [1.82, 2.24) is 0 Å². The molecule has 0 amide bonds. The second-order valence-electron chi connectivity index (χ2n) is 4.51. The zero-order chi connectivity index (χ0) is 12.6. The van der Waals surface area contributed by atoms with E-state index in [1.165, 1.54) is 23.1 Å². The maximum absolute atomic E-state index is 5.06. The van der Waals surface area contributed by atoms with Crippen LogP contribution in [0.1, 0.15) is 18.4 Å². The van der Waals surface area contributed by atoms with Gasteiger partial charge in [0, 0.05) is 13.7 Å². The predicted octanol–water partition coefficient (Wildman–Crippen LogP) is 4.32. The Bertz CT molecular complexity index is 445. The Morgan fingerprint density at radius 3 is 2.11 bits per heavy atom. The average Bonchev–Trinajstić information content (AvgIpc) is 2.45. The van der Waals surface area contributed by atoms with Gasteiger partial charge in [-0.3, -0.25) is 0 Å². The minimum absolute atomic E-state index is 0.863. The molecule has 18 heavy (non-hydrogen) atoms. The highest BCUT2D eigenvalue weighted by Crippen LogP contribution is 2.19. The molecular weight excluding hydrogens is 220 g/mol. The summed E-state index contributed by atoms with van der Waals surface area (Å²) in [6, 6.07) is 19.4. The number of ether oxygens (including phenoxy) is 1. The SMILES string of the molecule is COCCCCc1ccc(-c2ccccc2)cc1. The summed E-state index contributed by atoms with van der Waals surface area (Å²) < 4.78 is 5.06. The zero-order valence-corrected chi connectivity index (χ0v) is 10.9. The highest BCUT2D eigenvalue weighted by molar-refractivity contribution is 5.63. The van der Waals surface area contributed by atoms with Gasteiger partial charge in [-0.1, -0.05) is 54.6 Å². The summed E-state index contributed by atoms with van der Waals surface area (Å²) in [5, 5.41) is 0. The lowest BCUT2D eigenvalue weighted by molar-refractivity contribution is 0.193. The van der Waals surface area contributed by atoms with Gasteiger partial charge in [-0.05, 0) is 36.0 Å². The van der Waals surface area contributed by atoms with E-state index < -0.39 is 0 Å². The lowest BCUT2D eigenvalue weighted by Gasteiger charge is -2.04. The quantitative estimate of drug-likeness (QED) is 0.683. The second kappa shape index (κ2) is 6.97. The summed E-state index contributed by atoms with van der Waals surface area (Å²) in [5.41, 5.74) is 3.98. The zero-order valence-electron chi connectivity index (χ0n) is 10.9. The summed E-state index contributed by atoms with van der Waals surface area (Å²) in [5.74, 6) is 0. The van der Waals surface area contributed by atoms with Crippen molar-refractivity contribution in [2.45, 2.75) is 19.3 Å². The van der Waals surface area contributed by atoms with E-state index in [4.69, 9.17) is 4.74 Å². The van der Waals surface area contributed by atoms with Gasteiger partial charge in [-0.15, -0.1) is 0 Å². The minimum Gasteiger partial charge on any atom is -0.385 e. The number of unbranched alkanes of at least 4 members (excludes halogenated alkanes) is 1. The summed E-state index contributed by atoms with van der Waals surface area (Å²) in [4.78, 5) is 0. The third-order valence-electron chi connectivity index (χ3n) is 3.12. The van der Waals surface area contributed by atoms with Gasteiger partial charge >= 0.3 is 0 Å². The van der Waals surface area contributed by atoms with Crippen molar-refractivity contribution in [2.24, 2.45) is 0 Å². The van der Waals surface area contributed by atoms with Crippen LogP contribution in [0.2, 0.25) is 0 Å². The van der Waals surface area contributed by atoms with Crippen LogP contribution in [-0.2, 0) is 11.2 Å². The normalized spacial score (nSPS) is 10.5. The minimum atomic E-state index is 0.863. The van der Waals surface area contributed by atoms with Gasteiger partial charge in [0.15, 0.2) is 0 Å². The fraction of sp³-hybridized carbons (Fsp3) is 0.294. The maximum Gasteiger partial charge on any atom is 0.0462 e. The van der Waals surface area contributed by atoms with Crippen LogP contribution in [0.15, 0.2) is 54.6 Å². The smallest absolute Gasteiger partial charge is 0.0462 e. The van der Waals surface area contributed by atoms with E-state index in [1.807, 2.05) is 6.07 Å². The molecule has 0 unspecified atom stereocenters. The Kier molecular flexibility index (Phi) is 4.98. The predicted molar refractivity (Wildman–Crippen MR) is 76.7 cm³/mol. The number of hydrogen-bond acceptors (Lipinski definition) is 1. The van der Waals surface area contributed by atoms with Crippen molar-refractivity contribution < 1.29 is 4.74 Å². The van der Waals surface area contributed by atoms with Crippen LogP contribution in [0.25, 0.3) is 11.1 Å². The van der Waals surface area contributed by atoms with Crippen LogP contribution in [-0.4, -0.2) is 13.7 Å². The molecule has 0 saturated heterocycles. The highest BCUT2D eigenvalue weighted by atomic mass is 16.5. The fourth-order valence-corrected chi connectivity index (χ4v) is 2.07. The highest BCUT2D eigenvalue weighted by Gasteiger charge is 1.97. The van der Waals surface area contributed by atoms with E-state index in [-0.39, 0.29) is 0 Å². The van der Waals surface area contributed by atoms with Crippen LogP contribution in [0.3, 0.4) is 0 Å². The Hall–Kier alpha value is -1.60. The van der Waals surface area contributed by atoms with Crippen molar-refractivity contribution in [2.75, 3.05) is 13.7 Å². The largest absolute Gasteiger partial charge is 0.385 e. The van der Waals surface area contributed by atoms with Crippen molar-refractivity contribution in [3.63, 3.8) is 0 Å². The van der Waals surface area contributed by atoms with Crippen LogP contribution in [0.5, 0.6) is 0 Å². The van der Waals surface area contributed by atoms with Gasteiger partial charge in [-0.2, -0.15) is 0 Å². The molecule has 1 heteroatoms. The number of rotatable bonds is 6. The van der Waals surface area contributed by atoms with Gasteiger partial charge in [0.1, 0.15) is 0 Å². The summed E-state index contributed by atoms with van der Waals surface area (Å²) in [7, 11) is 1.76. The molecule has 0 N–H and O–H groups in total. The number of benzene rings is 2.